The van der Waals surface area contributed by atoms with Gasteiger partial charge in [0.15, 0.2) is 0 Å². The molecule has 3 rings (SSSR count). The summed E-state index contributed by atoms with van der Waals surface area (Å²) in [5.41, 5.74) is -0.698. The van der Waals surface area contributed by atoms with Gasteiger partial charge in [0.05, 0.1) is 22.8 Å². The molecule has 1 aromatic carbocycles. The fourth-order valence-electron chi connectivity index (χ4n) is 2.57. The van der Waals surface area contributed by atoms with Crippen molar-refractivity contribution in [2.24, 2.45) is 0 Å². The van der Waals surface area contributed by atoms with Crippen molar-refractivity contribution in [2.45, 2.75) is 25.6 Å². The minimum absolute atomic E-state index is 0.0517. The Balaban J connectivity index is 1.90. The van der Waals surface area contributed by atoms with E-state index < -0.39 is 17.3 Å². The van der Waals surface area contributed by atoms with Gasteiger partial charge in [-0.1, -0.05) is 12.1 Å². The van der Waals surface area contributed by atoms with Crippen LogP contribution in [0.3, 0.4) is 0 Å². The van der Waals surface area contributed by atoms with Crippen molar-refractivity contribution >= 4 is 10.9 Å². The van der Waals surface area contributed by atoms with Gasteiger partial charge >= 0.3 is 6.18 Å². The Morgan fingerprint density at radius 2 is 1.88 bits per heavy atom. The molecule has 0 spiro atoms. The molecule has 0 radical (unpaired) electrons. The van der Waals surface area contributed by atoms with Crippen molar-refractivity contribution in [3.63, 3.8) is 0 Å². The van der Waals surface area contributed by atoms with E-state index in [2.05, 4.69) is 9.97 Å². The molecular formula is C17H14F3N3O. The minimum Gasteiger partial charge on any atom is -0.299 e. The van der Waals surface area contributed by atoms with E-state index in [0.717, 1.165) is 11.8 Å². The molecule has 0 fully saturated rings. The van der Waals surface area contributed by atoms with E-state index in [0.29, 0.717) is 12.8 Å². The van der Waals surface area contributed by atoms with Crippen LogP contribution in [0.25, 0.3) is 10.9 Å². The number of aryl methyl sites for hydroxylation is 2. The number of hydrogen-bond acceptors (Lipinski definition) is 3. The molecule has 2 aromatic heterocycles. The van der Waals surface area contributed by atoms with Crippen LogP contribution in [0.4, 0.5) is 13.2 Å². The second kappa shape index (κ2) is 6.43. The Labute approximate surface area is 135 Å². The SMILES string of the molecule is O=c1c2c(C(F)(F)F)cccc2ncn1CCCc1ccccn1. The predicted molar refractivity (Wildman–Crippen MR) is 83.6 cm³/mol. The molecule has 0 atom stereocenters. The molecule has 0 saturated heterocycles. The number of fused-ring (bicyclic) bond motifs is 1. The smallest absolute Gasteiger partial charge is 0.299 e. The molecule has 0 unspecified atom stereocenters. The van der Waals surface area contributed by atoms with E-state index in [1.165, 1.54) is 23.0 Å². The van der Waals surface area contributed by atoms with Crippen LogP contribution in [0.5, 0.6) is 0 Å². The number of rotatable bonds is 4. The third-order valence-corrected chi connectivity index (χ3v) is 3.72. The normalized spacial score (nSPS) is 11.8. The number of nitrogens with zero attached hydrogens (tertiary/aromatic N) is 3. The van der Waals surface area contributed by atoms with E-state index >= 15 is 0 Å². The van der Waals surface area contributed by atoms with E-state index in [1.54, 1.807) is 12.3 Å². The molecule has 0 aliphatic carbocycles. The standard InChI is InChI=1S/C17H14F3N3O/c18-17(19,20)13-7-3-8-14-15(13)16(24)23(11-22-14)10-4-6-12-5-1-2-9-21-12/h1-3,5,7-9,11H,4,6,10H2. The molecule has 24 heavy (non-hydrogen) atoms. The van der Waals surface area contributed by atoms with Crippen LogP contribution in [0.1, 0.15) is 17.7 Å². The highest BCUT2D eigenvalue weighted by Crippen LogP contribution is 2.32. The molecule has 3 aromatic rings. The summed E-state index contributed by atoms with van der Waals surface area (Å²) in [4.78, 5) is 20.6. The summed E-state index contributed by atoms with van der Waals surface area (Å²) in [6.07, 6.45) is -0.407. The van der Waals surface area contributed by atoms with Crippen LogP contribution in [0.15, 0.2) is 53.7 Å². The van der Waals surface area contributed by atoms with Gasteiger partial charge < -0.3 is 0 Å². The lowest BCUT2D eigenvalue weighted by atomic mass is 10.1. The van der Waals surface area contributed by atoms with Gasteiger partial charge in [-0.25, -0.2) is 4.98 Å². The second-order valence-corrected chi connectivity index (χ2v) is 5.37. The first-order valence-corrected chi connectivity index (χ1v) is 7.42. The summed E-state index contributed by atoms with van der Waals surface area (Å²) in [6, 6.07) is 9.10. The summed E-state index contributed by atoms with van der Waals surface area (Å²) in [7, 11) is 0. The fraction of sp³-hybridized carbons (Fsp3) is 0.235. The van der Waals surface area contributed by atoms with Crippen molar-refractivity contribution < 1.29 is 13.2 Å². The average Bonchev–Trinajstić information content (AvgIpc) is 2.57. The van der Waals surface area contributed by atoms with Gasteiger partial charge in [0.1, 0.15) is 0 Å². The molecule has 0 amide bonds. The quantitative estimate of drug-likeness (QED) is 0.735. The van der Waals surface area contributed by atoms with Crippen molar-refractivity contribution in [1.29, 1.82) is 0 Å². The van der Waals surface area contributed by atoms with Crippen LogP contribution >= 0.6 is 0 Å². The minimum atomic E-state index is -4.59. The summed E-state index contributed by atoms with van der Waals surface area (Å²) >= 11 is 0. The molecule has 2 heterocycles. The monoisotopic (exact) mass is 333 g/mol. The van der Waals surface area contributed by atoms with Gasteiger partial charge in [0.2, 0.25) is 0 Å². The molecule has 7 heteroatoms. The van der Waals surface area contributed by atoms with Gasteiger partial charge in [0, 0.05) is 18.4 Å². The highest BCUT2D eigenvalue weighted by molar-refractivity contribution is 5.81. The van der Waals surface area contributed by atoms with Crippen molar-refractivity contribution in [3.8, 4) is 0 Å². The highest BCUT2D eigenvalue weighted by Gasteiger charge is 2.33. The molecule has 0 saturated carbocycles. The van der Waals surface area contributed by atoms with Crippen LogP contribution in [-0.4, -0.2) is 14.5 Å². The lowest BCUT2D eigenvalue weighted by Gasteiger charge is -2.11. The Bertz CT molecular complexity index is 904. The first kappa shape index (κ1) is 16.2. The molecule has 0 aliphatic heterocycles. The van der Waals surface area contributed by atoms with Crippen molar-refractivity contribution in [3.05, 3.63) is 70.5 Å². The maximum absolute atomic E-state index is 13.1. The van der Waals surface area contributed by atoms with Gasteiger partial charge in [-0.3, -0.25) is 14.3 Å². The Hall–Kier alpha value is -2.70. The first-order valence-electron chi connectivity index (χ1n) is 7.42. The number of halogens is 3. The largest absolute Gasteiger partial charge is 0.417 e. The van der Waals surface area contributed by atoms with E-state index in [9.17, 15) is 18.0 Å². The predicted octanol–water partition coefficient (Wildman–Crippen LogP) is 3.44. The Kier molecular flexibility index (Phi) is 4.33. The van der Waals surface area contributed by atoms with Gasteiger partial charge in [0.25, 0.3) is 5.56 Å². The number of alkyl halides is 3. The topological polar surface area (TPSA) is 47.8 Å². The Morgan fingerprint density at radius 1 is 1.04 bits per heavy atom. The Morgan fingerprint density at radius 3 is 2.58 bits per heavy atom. The van der Waals surface area contributed by atoms with Crippen LogP contribution < -0.4 is 5.56 Å². The summed E-state index contributed by atoms with van der Waals surface area (Å²) < 4.78 is 40.6. The molecule has 0 N–H and O–H groups in total. The third-order valence-electron chi connectivity index (χ3n) is 3.72. The summed E-state index contributed by atoms with van der Waals surface area (Å²) in [5, 5.41) is -0.384. The third kappa shape index (κ3) is 3.29. The lowest BCUT2D eigenvalue weighted by Crippen LogP contribution is -2.23. The van der Waals surface area contributed by atoms with Gasteiger partial charge in [-0.2, -0.15) is 13.2 Å². The molecule has 124 valence electrons. The van der Waals surface area contributed by atoms with E-state index in [-0.39, 0.29) is 17.4 Å². The average molecular weight is 333 g/mol. The first-order chi connectivity index (χ1) is 11.5. The maximum atomic E-state index is 13.1. The molecular weight excluding hydrogens is 319 g/mol. The molecule has 0 aliphatic rings. The fourth-order valence-corrected chi connectivity index (χ4v) is 2.57. The maximum Gasteiger partial charge on any atom is 0.417 e. The molecule has 4 nitrogen and oxygen atoms in total. The van der Waals surface area contributed by atoms with Crippen LogP contribution in [0, 0.1) is 0 Å². The zero-order valence-electron chi connectivity index (χ0n) is 12.6. The number of hydrogen-bond donors (Lipinski definition) is 0. The van der Waals surface area contributed by atoms with Crippen molar-refractivity contribution in [2.75, 3.05) is 0 Å². The number of aromatic nitrogens is 3. The zero-order valence-corrected chi connectivity index (χ0v) is 12.6. The van der Waals surface area contributed by atoms with E-state index in [4.69, 9.17) is 0 Å². The van der Waals surface area contributed by atoms with Crippen LogP contribution in [0.2, 0.25) is 0 Å². The summed E-state index contributed by atoms with van der Waals surface area (Å²) in [5.74, 6) is 0. The lowest BCUT2D eigenvalue weighted by molar-refractivity contribution is -0.136. The van der Waals surface area contributed by atoms with Crippen LogP contribution in [-0.2, 0) is 19.1 Å². The van der Waals surface area contributed by atoms with E-state index in [1.807, 2.05) is 12.1 Å². The molecule has 0 bridgehead atoms. The van der Waals surface area contributed by atoms with Gasteiger partial charge in [-0.15, -0.1) is 0 Å². The van der Waals surface area contributed by atoms with Gasteiger partial charge in [-0.05, 0) is 37.1 Å². The number of benzene rings is 1. The zero-order chi connectivity index (χ0) is 17.2. The summed E-state index contributed by atoms with van der Waals surface area (Å²) in [6.45, 7) is 0.282. The second-order valence-electron chi connectivity index (χ2n) is 5.37. The van der Waals surface area contributed by atoms with Crippen molar-refractivity contribution in [1.82, 2.24) is 14.5 Å². The highest BCUT2D eigenvalue weighted by atomic mass is 19.4. The number of pyridine rings is 1.